The Hall–Kier alpha value is -2.03. The number of hydrogen-bond donors (Lipinski definition) is 1. The number of nitrogens with zero attached hydrogens (tertiary/aromatic N) is 2. The molecule has 0 spiro atoms. The first kappa shape index (κ1) is 13.4. The fraction of sp³-hybridized carbons (Fsp3) is 0.615. The molecule has 0 aromatic rings. The Bertz CT molecular complexity index is 441. The minimum absolute atomic E-state index is 0.0151. The summed E-state index contributed by atoms with van der Waals surface area (Å²) in [4.78, 5) is 38.7. The smallest absolute Gasteiger partial charge is 0.246 e. The van der Waals surface area contributed by atoms with Crippen LogP contribution in [0.15, 0.2) is 0 Å². The van der Waals surface area contributed by atoms with Crippen LogP contribution in [0.25, 0.3) is 0 Å². The van der Waals surface area contributed by atoms with Gasteiger partial charge in [0.05, 0.1) is 6.54 Å². The molecule has 0 aromatic carbocycles. The second-order valence-electron chi connectivity index (χ2n) is 4.77. The van der Waals surface area contributed by atoms with E-state index in [4.69, 9.17) is 6.42 Å². The number of terminal acetylenes is 1. The maximum absolute atomic E-state index is 12.2. The van der Waals surface area contributed by atoms with E-state index in [0.717, 1.165) is 12.8 Å². The van der Waals surface area contributed by atoms with Crippen LogP contribution in [-0.2, 0) is 14.4 Å². The number of piperazine rings is 1. The third kappa shape index (κ3) is 2.87. The number of nitrogens with one attached hydrogen (secondary N) is 1. The van der Waals surface area contributed by atoms with Gasteiger partial charge in [-0.1, -0.05) is 5.92 Å². The number of amides is 3. The van der Waals surface area contributed by atoms with E-state index in [9.17, 15) is 14.4 Å². The van der Waals surface area contributed by atoms with Crippen molar-refractivity contribution in [2.24, 2.45) is 0 Å². The number of rotatable bonds is 3. The zero-order valence-corrected chi connectivity index (χ0v) is 10.7. The molecule has 0 aromatic heterocycles. The molecule has 2 heterocycles. The quantitative estimate of drug-likeness (QED) is 0.661. The second-order valence-corrected chi connectivity index (χ2v) is 4.77. The summed E-state index contributed by atoms with van der Waals surface area (Å²) in [5.41, 5.74) is 0. The van der Waals surface area contributed by atoms with Crippen molar-refractivity contribution in [3.8, 4) is 12.3 Å². The van der Waals surface area contributed by atoms with Gasteiger partial charge in [0.25, 0.3) is 0 Å². The highest BCUT2D eigenvalue weighted by Gasteiger charge is 2.40. The van der Waals surface area contributed by atoms with Gasteiger partial charge in [0.1, 0.15) is 19.1 Å². The molecule has 0 bridgehead atoms. The minimum Gasteiger partial charge on any atom is -0.344 e. The molecule has 1 unspecified atom stereocenters. The van der Waals surface area contributed by atoms with Gasteiger partial charge in [-0.25, -0.2) is 0 Å². The highest BCUT2D eigenvalue weighted by molar-refractivity contribution is 5.97. The number of hydrogen-bond acceptors (Lipinski definition) is 3. The van der Waals surface area contributed by atoms with Crippen LogP contribution in [0.2, 0.25) is 0 Å². The molecule has 0 aliphatic carbocycles. The molecule has 102 valence electrons. The zero-order chi connectivity index (χ0) is 13.8. The van der Waals surface area contributed by atoms with Crippen molar-refractivity contribution in [2.75, 3.05) is 26.2 Å². The first-order valence-electron chi connectivity index (χ1n) is 6.42. The van der Waals surface area contributed by atoms with E-state index in [1.807, 2.05) is 0 Å². The zero-order valence-electron chi connectivity index (χ0n) is 10.7. The van der Waals surface area contributed by atoms with Crippen LogP contribution in [0.1, 0.15) is 19.3 Å². The molecule has 6 nitrogen and oxygen atoms in total. The molecule has 2 aliphatic rings. The predicted octanol–water partition coefficient (Wildman–Crippen LogP) is -1.04. The summed E-state index contributed by atoms with van der Waals surface area (Å²) in [6.07, 6.45) is 7.61. The molecule has 2 fully saturated rings. The normalized spacial score (nSPS) is 22.8. The van der Waals surface area contributed by atoms with Crippen molar-refractivity contribution in [1.82, 2.24) is 15.1 Å². The Kier molecular flexibility index (Phi) is 4.05. The summed E-state index contributed by atoms with van der Waals surface area (Å²) in [5, 5.41) is 2.49. The first-order chi connectivity index (χ1) is 9.13. The van der Waals surface area contributed by atoms with Crippen LogP contribution in [0.3, 0.4) is 0 Å². The van der Waals surface area contributed by atoms with Gasteiger partial charge in [0.15, 0.2) is 0 Å². The molecular formula is C13H17N3O3. The van der Waals surface area contributed by atoms with E-state index in [1.54, 1.807) is 4.90 Å². The van der Waals surface area contributed by atoms with Gasteiger partial charge in [-0.05, 0) is 19.3 Å². The third-order valence-electron chi connectivity index (χ3n) is 3.47. The average Bonchev–Trinajstić information content (AvgIpc) is 2.42. The van der Waals surface area contributed by atoms with Gasteiger partial charge in [-0.2, -0.15) is 0 Å². The topological polar surface area (TPSA) is 69.7 Å². The highest BCUT2D eigenvalue weighted by Crippen LogP contribution is 2.22. The summed E-state index contributed by atoms with van der Waals surface area (Å²) in [5.74, 6) is 1.76. The standard InChI is InChI=1S/C13H17N3O3/c1-2-6-14-11(17)8-15-9-12(18)16-7-4-3-5-10(16)13(15)19/h1,10H,3-9H2,(H,14,17). The fourth-order valence-electron chi connectivity index (χ4n) is 2.54. The van der Waals surface area contributed by atoms with E-state index in [2.05, 4.69) is 11.2 Å². The SMILES string of the molecule is C#CCNC(=O)CN1CC(=O)N2CCCCC2C1=O. The van der Waals surface area contributed by atoms with Gasteiger partial charge in [-0.3, -0.25) is 14.4 Å². The molecule has 2 rings (SSSR count). The summed E-state index contributed by atoms with van der Waals surface area (Å²) in [7, 11) is 0. The van der Waals surface area contributed by atoms with Crippen molar-refractivity contribution in [2.45, 2.75) is 25.3 Å². The predicted molar refractivity (Wildman–Crippen MR) is 67.8 cm³/mol. The van der Waals surface area contributed by atoms with Crippen LogP contribution in [0.4, 0.5) is 0 Å². The molecule has 0 radical (unpaired) electrons. The number of carbonyl (C=O) groups excluding carboxylic acids is 3. The van der Waals surface area contributed by atoms with Crippen LogP contribution in [0, 0.1) is 12.3 Å². The molecule has 3 amide bonds. The monoisotopic (exact) mass is 263 g/mol. The van der Waals surface area contributed by atoms with Crippen LogP contribution in [0.5, 0.6) is 0 Å². The van der Waals surface area contributed by atoms with Crippen LogP contribution in [-0.4, -0.2) is 59.7 Å². The average molecular weight is 263 g/mol. The molecule has 2 saturated heterocycles. The van der Waals surface area contributed by atoms with Crippen molar-refractivity contribution >= 4 is 17.7 Å². The molecular weight excluding hydrogens is 246 g/mol. The Balaban J connectivity index is 1.99. The third-order valence-corrected chi connectivity index (χ3v) is 3.47. The molecule has 1 N–H and O–H groups in total. The number of piperidine rings is 1. The lowest BCUT2D eigenvalue weighted by molar-refractivity contribution is -0.158. The molecule has 2 aliphatic heterocycles. The minimum atomic E-state index is -0.379. The van der Waals surface area contributed by atoms with E-state index in [1.165, 1.54) is 4.90 Å². The second kappa shape index (κ2) is 5.74. The lowest BCUT2D eigenvalue weighted by Crippen LogP contribution is -2.62. The highest BCUT2D eigenvalue weighted by atomic mass is 16.2. The van der Waals surface area contributed by atoms with Gasteiger partial charge in [0, 0.05) is 6.54 Å². The van der Waals surface area contributed by atoms with E-state index < -0.39 is 0 Å². The molecule has 19 heavy (non-hydrogen) atoms. The Morgan fingerprint density at radius 1 is 1.42 bits per heavy atom. The van der Waals surface area contributed by atoms with Crippen molar-refractivity contribution in [3.05, 3.63) is 0 Å². The van der Waals surface area contributed by atoms with E-state index in [-0.39, 0.29) is 43.4 Å². The van der Waals surface area contributed by atoms with Crippen molar-refractivity contribution in [1.29, 1.82) is 0 Å². The lowest BCUT2D eigenvalue weighted by atomic mass is 9.98. The van der Waals surface area contributed by atoms with Gasteiger partial charge in [0.2, 0.25) is 17.7 Å². The summed E-state index contributed by atoms with van der Waals surface area (Å²) in [6, 6.07) is -0.379. The fourth-order valence-corrected chi connectivity index (χ4v) is 2.54. The maximum atomic E-state index is 12.2. The van der Waals surface area contributed by atoms with Crippen molar-refractivity contribution in [3.63, 3.8) is 0 Å². The largest absolute Gasteiger partial charge is 0.344 e. The summed E-state index contributed by atoms with van der Waals surface area (Å²) >= 11 is 0. The maximum Gasteiger partial charge on any atom is 0.246 e. The van der Waals surface area contributed by atoms with E-state index >= 15 is 0 Å². The van der Waals surface area contributed by atoms with Gasteiger partial charge in [-0.15, -0.1) is 6.42 Å². The van der Waals surface area contributed by atoms with Gasteiger partial charge < -0.3 is 15.1 Å². The number of fused-ring (bicyclic) bond motifs is 1. The summed E-state index contributed by atoms with van der Waals surface area (Å²) < 4.78 is 0. The van der Waals surface area contributed by atoms with E-state index in [0.29, 0.717) is 13.0 Å². The lowest BCUT2D eigenvalue weighted by Gasteiger charge is -2.42. The Labute approximate surface area is 112 Å². The molecule has 1 atom stereocenters. The van der Waals surface area contributed by atoms with Crippen LogP contribution < -0.4 is 5.32 Å². The van der Waals surface area contributed by atoms with Gasteiger partial charge >= 0.3 is 0 Å². The number of carbonyl (C=O) groups is 3. The molecule has 0 saturated carbocycles. The van der Waals surface area contributed by atoms with Crippen molar-refractivity contribution < 1.29 is 14.4 Å². The van der Waals surface area contributed by atoms with Crippen LogP contribution >= 0.6 is 0 Å². The Morgan fingerprint density at radius 3 is 2.95 bits per heavy atom. The summed E-state index contributed by atoms with van der Waals surface area (Å²) in [6.45, 7) is 0.659. The molecule has 6 heteroatoms. The first-order valence-corrected chi connectivity index (χ1v) is 6.42. The Morgan fingerprint density at radius 2 is 2.21 bits per heavy atom.